The summed E-state index contributed by atoms with van der Waals surface area (Å²) in [5.41, 5.74) is 1.32. The summed E-state index contributed by atoms with van der Waals surface area (Å²) in [6, 6.07) is 11.9. The number of nitrogens with zero attached hydrogens (tertiary/aromatic N) is 1. The van der Waals surface area contributed by atoms with Crippen molar-refractivity contribution in [2.45, 2.75) is 0 Å². The highest BCUT2D eigenvalue weighted by Gasteiger charge is 2.15. The zero-order valence-corrected chi connectivity index (χ0v) is 17.8. The second kappa shape index (κ2) is 9.09. The van der Waals surface area contributed by atoms with Gasteiger partial charge in [-0.05, 0) is 48.6 Å². The van der Waals surface area contributed by atoms with E-state index in [0.717, 1.165) is 32.8 Å². The maximum atomic E-state index is 13.0. The van der Waals surface area contributed by atoms with E-state index in [0.29, 0.717) is 33.7 Å². The lowest BCUT2D eigenvalue weighted by atomic mass is 10.1. The zero-order valence-electron chi connectivity index (χ0n) is 16.2. The van der Waals surface area contributed by atoms with Crippen molar-refractivity contribution in [3.63, 3.8) is 0 Å². The van der Waals surface area contributed by atoms with Gasteiger partial charge in [0.25, 0.3) is 11.5 Å². The molecule has 0 radical (unpaired) electrons. The van der Waals surface area contributed by atoms with Gasteiger partial charge in [-0.2, -0.15) is 0 Å². The molecule has 2 aromatic carbocycles. The predicted octanol–water partition coefficient (Wildman–Crippen LogP) is 1.35. The summed E-state index contributed by atoms with van der Waals surface area (Å²) in [5.74, 6) is -0.181. The number of halogens is 1. The van der Waals surface area contributed by atoms with Crippen LogP contribution in [0.4, 0.5) is 0 Å². The van der Waals surface area contributed by atoms with Crippen molar-refractivity contribution >= 4 is 40.6 Å². The maximum absolute atomic E-state index is 13.0. The minimum atomic E-state index is -0.265. The van der Waals surface area contributed by atoms with Crippen molar-refractivity contribution < 1.29 is 14.4 Å². The summed E-state index contributed by atoms with van der Waals surface area (Å²) in [5, 5.41) is 3.94. The summed E-state index contributed by atoms with van der Waals surface area (Å²) in [6.07, 6.45) is 0. The number of carbonyl (C=O) groups excluding carboxylic acids is 1. The van der Waals surface area contributed by atoms with Crippen molar-refractivity contribution in [2.24, 2.45) is 0 Å². The number of aromatic nitrogens is 2. The van der Waals surface area contributed by atoms with Gasteiger partial charge in [-0.15, -0.1) is 0 Å². The van der Waals surface area contributed by atoms with Gasteiger partial charge in [0.1, 0.15) is 13.1 Å². The predicted molar refractivity (Wildman–Crippen MR) is 118 cm³/mol. The van der Waals surface area contributed by atoms with Gasteiger partial charge >= 0.3 is 0 Å². The number of ether oxygens (including phenoxy) is 1. The maximum Gasteiger partial charge on any atom is 0.266 e. The summed E-state index contributed by atoms with van der Waals surface area (Å²) in [7, 11) is 0. The van der Waals surface area contributed by atoms with Crippen LogP contribution < -0.4 is 15.8 Å². The largest absolute Gasteiger partial charge is 0.370 e. The lowest BCUT2D eigenvalue weighted by Crippen LogP contribution is -3.14. The number of H-pyrrole nitrogens is 1. The van der Waals surface area contributed by atoms with Gasteiger partial charge in [-0.3, -0.25) is 14.2 Å². The molecule has 4 rings (SSSR count). The Balaban J connectivity index is 1.56. The van der Waals surface area contributed by atoms with Gasteiger partial charge in [0, 0.05) is 10.6 Å². The summed E-state index contributed by atoms with van der Waals surface area (Å²) in [4.78, 5) is 30.1. The molecule has 0 unspecified atom stereocenters. The Kier molecular flexibility index (Phi) is 6.29. The quantitative estimate of drug-likeness (QED) is 0.518. The van der Waals surface area contributed by atoms with E-state index in [1.807, 2.05) is 0 Å². The first-order valence-electron chi connectivity index (χ1n) is 9.77. The smallest absolute Gasteiger partial charge is 0.266 e. The SMILES string of the molecule is O=C(NCC[NH+]1CCOCC1)c1cccc(-n2c(=S)[nH]c3cc(Cl)ccc3c2=O)c1. The van der Waals surface area contributed by atoms with Gasteiger partial charge in [0.05, 0.1) is 42.9 Å². The standard InChI is InChI=1S/C21H21ClN4O3S/c22-15-4-5-17-18(13-15)24-21(30)26(20(17)28)16-3-1-2-14(12-16)19(27)23-6-7-25-8-10-29-11-9-25/h1-5,12-13H,6-11H2,(H,23,27)(H,24,30)/p+1. The van der Waals surface area contributed by atoms with Crippen LogP contribution in [0.1, 0.15) is 10.4 Å². The number of morpholine rings is 1. The topological polar surface area (TPSA) is 80.6 Å². The number of carbonyl (C=O) groups is 1. The minimum absolute atomic E-state index is 0.181. The molecule has 0 spiro atoms. The van der Waals surface area contributed by atoms with E-state index < -0.39 is 0 Å². The molecule has 30 heavy (non-hydrogen) atoms. The molecule has 1 fully saturated rings. The van der Waals surface area contributed by atoms with Gasteiger partial charge in [0.2, 0.25) is 0 Å². The van der Waals surface area contributed by atoms with Crippen LogP contribution in [0.3, 0.4) is 0 Å². The third-order valence-corrected chi connectivity index (χ3v) is 5.71. The van der Waals surface area contributed by atoms with Crippen LogP contribution in [0.25, 0.3) is 16.6 Å². The van der Waals surface area contributed by atoms with Gasteiger partial charge in [-0.25, -0.2) is 0 Å². The molecule has 1 aliphatic heterocycles. The Bertz CT molecular complexity index is 1200. The number of fused-ring (bicyclic) bond motifs is 1. The van der Waals surface area contributed by atoms with Crippen LogP contribution in [0.15, 0.2) is 47.3 Å². The number of aromatic amines is 1. The highest BCUT2D eigenvalue weighted by molar-refractivity contribution is 7.71. The third-order valence-electron chi connectivity index (χ3n) is 5.19. The van der Waals surface area contributed by atoms with E-state index in [2.05, 4.69) is 10.3 Å². The molecular weight excluding hydrogens is 424 g/mol. The van der Waals surface area contributed by atoms with E-state index in [-0.39, 0.29) is 16.2 Å². The Morgan fingerprint density at radius 1 is 1.23 bits per heavy atom. The molecule has 0 saturated carbocycles. The van der Waals surface area contributed by atoms with Crippen molar-refractivity contribution in [1.82, 2.24) is 14.9 Å². The van der Waals surface area contributed by atoms with E-state index in [9.17, 15) is 9.59 Å². The van der Waals surface area contributed by atoms with Gasteiger partial charge < -0.3 is 19.9 Å². The fraction of sp³-hybridized carbons (Fsp3) is 0.286. The van der Waals surface area contributed by atoms with Crippen LogP contribution in [0, 0.1) is 4.77 Å². The summed E-state index contributed by atoms with van der Waals surface area (Å²) < 4.78 is 6.98. The Labute approximate surface area is 183 Å². The first-order chi connectivity index (χ1) is 14.5. The number of benzene rings is 2. The molecule has 1 aromatic heterocycles. The monoisotopic (exact) mass is 445 g/mol. The molecule has 1 amide bonds. The molecule has 1 saturated heterocycles. The normalized spacial score (nSPS) is 14.7. The first kappa shape index (κ1) is 20.7. The molecule has 0 atom stereocenters. The van der Waals surface area contributed by atoms with E-state index in [1.165, 1.54) is 9.47 Å². The molecular formula is C21H22ClN4O3S+. The molecule has 156 valence electrons. The Morgan fingerprint density at radius 2 is 2.03 bits per heavy atom. The Morgan fingerprint density at radius 3 is 2.83 bits per heavy atom. The molecule has 1 aliphatic rings. The first-order valence-corrected chi connectivity index (χ1v) is 10.6. The van der Waals surface area contributed by atoms with Crippen LogP contribution in [-0.2, 0) is 4.74 Å². The van der Waals surface area contributed by atoms with Crippen LogP contribution in [0.2, 0.25) is 5.02 Å². The van der Waals surface area contributed by atoms with Crippen LogP contribution in [-0.4, -0.2) is 54.9 Å². The lowest BCUT2D eigenvalue weighted by Gasteiger charge is -2.23. The highest BCUT2D eigenvalue weighted by atomic mass is 35.5. The minimum Gasteiger partial charge on any atom is -0.370 e. The van der Waals surface area contributed by atoms with Crippen molar-refractivity contribution in [3.8, 4) is 5.69 Å². The van der Waals surface area contributed by atoms with Gasteiger partial charge in [0.15, 0.2) is 4.77 Å². The molecule has 2 heterocycles. The van der Waals surface area contributed by atoms with E-state index >= 15 is 0 Å². The van der Waals surface area contributed by atoms with E-state index in [4.69, 9.17) is 28.6 Å². The number of nitrogens with one attached hydrogen (secondary N) is 3. The van der Waals surface area contributed by atoms with Crippen molar-refractivity contribution in [1.29, 1.82) is 0 Å². The van der Waals surface area contributed by atoms with Gasteiger partial charge in [-0.1, -0.05) is 17.7 Å². The summed E-state index contributed by atoms with van der Waals surface area (Å²) in [6.45, 7) is 4.87. The molecule has 9 heteroatoms. The summed E-state index contributed by atoms with van der Waals surface area (Å²) >= 11 is 11.4. The second-order valence-corrected chi connectivity index (χ2v) is 8.00. The molecule has 3 aromatic rings. The fourth-order valence-electron chi connectivity index (χ4n) is 3.58. The number of rotatable bonds is 5. The molecule has 3 N–H and O–H groups in total. The highest BCUT2D eigenvalue weighted by Crippen LogP contribution is 2.16. The fourth-order valence-corrected chi connectivity index (χ4v) is 4.05. The molecule has 0 bridgehead atoms. The zero-order chi connectivity index (χ0) is 21.1. The molecule has 7 nitrogen and oxygen atoms in total. The average Bonchev–Trinajstić information content (AvgIpc) is 2.74. The second-order valence-electron chi connectivity index (χ2n) is 7.18. The molecule has 0 aliphatic carbocycles. The number of hydrogen-bond donors (Lipinski definition) is 3. The number of hydrogen-bond acceptors (Lipinski definition) is 4. The number of amides is 1. The Hall–Kier alpha value is -2.52. The number of quaternary nitrogens is 1. The lowest BCUT2D eigenvalue weighted by molar-refractivity contribution is -0.906. The van der Waals surface area contributed by atoms with Crippen molar-refractivity contribution in [2.75, 3.05) is 39.4 Å². The van der Waals surface area contributed by atoms with Crippen LogP contribution >= 0.6 is 23.8 Å². The third kappa shape index (κ3) is 4.46. The van der Waals surface area contributed by atoms with Crippen LogP contribution in [0.5, 0.6) is 0 Å². The van der Waals surface area contributed by atoms with Crippen molar-refractivity contribution in [3.05, 3.63) is 68.2 Å². The average molecular weight is 446 g/mol. The van der Waals surface area contributed by atoms with E-state index in [1.54, 1.807) is 42.5 Å².